The fourth-order valence-electron chi connectivity index (χ4n) is 5.62. The molecule has 2 fully saturated rings. The monoisotopic (exact) mass is 451 g/mol. The third-order valence-electron chi connectivity index (χ3n) is 7.19. The lowest BCUT2D eigenvalue weighted by Crippen LogP contribution is -2.61. The van der Waals surface area contributed by atoms with E-state index in [4.69, 9.17) is 14.2 Å². The van der Waals surface area contributed by atoms with Crippen LogP contribution >= 0.6 is 0 Å². The van der Waals surface area contributed by atoms with E-state index in [1.807, 2.05) is 0 Å². The van der Waals surface area contributed by atoms with Crippen molar-refractivity contribution in [2.75, 3.05) is 20.3 Å². The minimum atomic E-state index is -1.58. The molecule has 5 rings (SSSR count). The first-order valence-corrected chi connectivity index (χ1v) is 10.8. The fraction of sp³-hybridized carbons (Fsp3) is 0.636. The van der Waals surface area contributed by atoms with Crippen LogP contribution in [0.2, 0.25) is 0 Å². The molecule has 1 aromatic rings. The van der Waals surface area contributed by atoms with Crippen molar-refractivity contribution >= 4 is 0 Å². The highest BCUT2D eigenvalue weighted by Crippen LogP contribution is 2.50. The van der Waals surface area contributed by atoms with Gasteiger partial charge in [-0.15, -0.1) is 0 Å². The summed E-state index contributed by atoms with van der Waals surface area (Å²) in [6, 6.07) is 3.37. The molecule has 0 bridgehead atoms. The van der Waals surface area contributed by atoms with E-state index >= 15 is 0 Å². The number of hydrogen-bond donors (Lipinski definition) is 6. The Morgan fingerprint density at radius 2 is 1.91 bits per heavy atom. The molecule has 2 saturated heterocycles. The summed E-state index contributed by atoms with van der Waals surface area (Å²) in [4.78, 5) is 2.28. The van der Waals surface area contributed by atoms with Crippen LogP contribution in [0, 0.1) is 0 Å². The van der Waals surface area contributed by atoms with Gasteiger partial charge >= 0.3 is 0 Å². The highest BCUT2D eigenvalue weighted by Gasteiger charge is 2.52. The molecule has 0 amide bonds. The predicted octanol–water partition coefficient (Wildman–Crippen LogP) is -1.44. The summed E-state index contributed by atoms with van der Waals surface area (Å²) in [6.45, 7) is 0.904. The third-order valence-corrected chi connectivity index (χ3v) is 7.19. The van der Waals surface area contributed by atoms with Crippen LogP contribution in [-0.4, -0.2) is 105 Å². The summed E-state index contributed by atoms with van der Waals surface area (Å²) >= 11 is 0. The summed E-state index contributed by atoms with van der Waals surface area (Å²) in [7, 11) is 1.49. The molecular weight excluding hydrogens is 422 g/mol. The fourth-order valence-corrected chi connectivity index (χ4v) is 5.62. The Kier molecular flexibility index (Phi) is 5.67. The molecule has 6 N–H and O–H groups in total. The number of rotatable bonds is 4. The summed E-state index contributed by atoms with van der Waals surface area (Å²) in [5.74, 6) is -0.0322. The number of nitrogens with zero attached hydrogens (tertiary/aromatic N) is 1. The largest absolute Gasteiger partial charge is 0.504 e. The van der Waals surface area contributed by atoms with Gasteiger partial charge in [0.15, 0.2) is 17.8 Å². The standard InChI is InChI=1S/C22H29NO9/c1-30-14-5-10-7-23-3-2-9-4-13(26)21(16(17(9)23)11(10)6-12(14)25)32-22-20(29)19(28)18(27)15(8-24)31-22/h4-6,13,15-22,24-29H,2-3,7-8H2,1H3/t13-,15-,16+,17+,18-,19-,20-,21+,22-/m0/s1. The first kappa shape index (κ1) is 22.1. The van der Waals surface area contributed by atoms with Crippen molar-refractivity contribution in [2.24, 2.45) is 0 Å². The molecule has 1 aliphatic carbocycles. The van der Waals surface area contributed by atoms with Crippen molar-refractivity contribution in [3.63, 3.8) is 0 Å². The molecule has 0 spiro atoms. The van der Waals surface area contributed by atoms with Gasteiger partial charge in [-0.05, 0) is 29.7 Å². The Labute approximate surface area is 184 Å². The van der Waals surface area contributed by atoms with Gasteiger partial charge in [0.2, 0.25) is 0 Å². The number of phenolic OH excluding ortho intramolecular Hbond substituents is 1. The van der Waals surface area contributed by atoms with Crippen LogP contribution in [0.4, 0.5) is 0 Å². The number of ether oxygens (including phenoxy) is 3. The summed E-state index contributed by atoms with van der Waals surface area (Å²) in [5, 5.41) is 61.5. The number of aliphatic hydroxyl groups excluding tert-OH is 5. The maximum Gasteiger partial charge on any atom is 0.187 e. The molecule has 10 nitrogen and oxygen atoms in total. The molecule has 0 aromatic heterocycles. The summed E-state index contributed by atoms with van der Waals surface area (Å²) in [5.41, 5.74) is 2.85. The van der Waals surface area contributed by atoms with Gasteiger partial charge in [-0.1, -0.05) is 11.6 Å². The molecule has 10 heteroatoms. The van der Waals surface area contributed by atoms with Crippen LogP contribution in [0.15, 0.2) is 23.8 Å². The van der Waals surface area contributed by atoms with Gasteiger partial charge < -0.3 is 44.8 Å². The zero-order valence-corrected chi connectivity index (χ0v) is 17.6. The molecule has 9 atom stereocenters. The lowest BCUT2D eigenvalue weighted by Gasteiger charge is -2.48. The van der Waals surface area contributed by atoms with Gasteiger partial charge in [0.25, 0.3) is 0 Å². The average Bonchev–Trinajstić information content (AvgIpc) is 3.18. The lowest BCUT2D eigenvalue weighted by molar-refractivity contribution is -0.318. The number of benzene rings is 1. The van der Waals surface area contributed by atoms with Crippen LogP contribution in [0.3, 0.4) is 0 Å². The van der Waals surface area contributed by atoms with Crippen LogP contribution < -0.4 is 4.74 Å². The zero-order chi connectivity index (χ0) is 22.7. The van der Waals surface area contributed by atoms with Crippen LogP contribution in [0.5, 0.6) is 11.5 Å². The maximum absolute atomic E-state index is 11.0. The van der Waals surface area contributed by atoms with Gasteiger partial charge in [0, 0.05) is 25.0 Å². The Morgan fingerprint density at radius 1 is 1.12 bits per heavy atom. The topological polar surface area (TPSA) is 152 Å². The van der Waals surface area contributed by atoms with E-state index in [1.54, 1.807) is 18.2 Å². The van der Waals surface area contributed by atoms with Crippen molar-refractivity contribution in [1.29, 1.82) is 0 Å². The second-order valence-corrected chi connectivity index (χ2v) is 8.94. The molecule has 4 aliphatic rings. The van der Waals surface area contributed by atoms with Crippen LogP contribution in [-0.2, 0) is 16.0 Å². The van der Waals surface area contributed by atoms with Gasteiger partial charge in [-0.2, -0.15) is 0 Å². The summed E-state index contributed by atoms with van der Waals surface area (Å²) < 4.78 is 16.9. The minimum Gasteiger partial charge on any atom is -0.504 e. The van der Waals surface area contributed by atoms with Crippen molar-refractivity contribution in [2.45, 2.75) is 67.8 Å². The molecule has 3 heterocycles. The molecule has 0 radical (unpaired) electrons. The van der Waals surface area contributed by atoms with Gasteiger partial charge in [-0.25, -0.2) is 0 Å². The molecule has 3 aliphatic heterocycles. The van der Waals surface area contributed by atoms with E-state index in [0.29, 0.717) is 12.3 Å². The summed E-state index contributed by atoms with van der Waals surface area (Å²) in [6.07, 6.45) is -6.43. The van der Waals surface area contributed by atoms with E-state index in [0.717, 1.165) is 29.7 Å². The average molecular weight is 451 g/mol. The Morgan fingerprint density at radius 3 is 2.62 bits per heavy atom. The first-order chi connectivity index (χ1) is 15.3. The number of phenols is 1. The minimum absolute atomic E-state index is 0.0186. The number of methoxy groups -OCH3 is 1. The Balaban J connectivity index is 1.52. The van der Waals surface area contributed by atoms with Crippen LogP contribution in [0.25, 0.3) is 0 Å². The molecule has 1 aromatic carbocycles. The molecule has 176 valence electrons. The van der Waals surface area contributed by atoms with Gasteiger partial charge in [0.05, 0.1) is 25.9 Å². The van der Waals surface area contributed by atoms with Crippen LogP contribution in [0.1, 0.15) is 23.5 Å². The van der Waals surface area contributed by atoms with Crippen molar-refractivity contribution in [1.82, 2.24) is 4.90 Å². The van der Waals surface area contributed by atoms with E-state index in [2.05, 4.69) is 4.90 Å². The maximum atomic E-state index is 11.0. The first-order valence-electron chi connectivity index (χ1n) is 10.8. The number of fused-ring (bicyclic) bond motifs is 2. The SMILES string of the molecule is COc1cc2c(cc1O)[C@H]1[C@H](O[C@@H]3O[C@@H](CO)[C@H](O)[C@H](O)[C@@H]3O)[C@@H](O)C=C3CCN(C2)[C@H]31. The van der Waals surface area contributed by atoms with Gasteiger partial charge in [-0.3, -0.25) is 4.90 Å². The highest BCUT2D eigenvalue weighted by atomic mass is 16.7. The van der Waals surface area contributed by atoms with E-state index in [9.17, 15) is 30.6 Å². The third kappa shape index (κ3) is 3.34. The number of aromatic hydroxyl groups is 1. The molecule has 0 saturated carbocycles. The molecule has 32 heavy (non-hydrogen) atoms. The van der Waals surface area contributed by atoms with E-state index in [-0.39, 0.29) is 17.7 Å². The second-order valence-electron chi connectivity index (χ2n) is 8.94. The number of aliphatic hydroxyl groups is 5. The predicted molar refractivity (Wildman–Crippen MR) is 109 cm³/mol. The number of hydrogen-bond acceptors (Lipinski definition) is 10. The van der Waals surface area contributed by atoms with E-state index in [1.165, 1.54) is 7.11 Å². The van der Waals surface area contributed by atoms with Gasteiger partial charge in [0.1, 0.15) is 24.4 Å². The zero-order valence-electron chi connectivity index (χ0n) is 17.6. The van der Waals surface area contributed by atoms with Crippen molar-refractivity contribution in [3.8, 4) is 11.5 Å². The smallest absolute Gasteiger partial charge is 0.187 e. The van der Waals surface area contributed by atoms with Crippen molar-refractivity contribution in [3.05, 3.63) is 34.9 Å². The lowest BCUT2D eigenvalue weighted by atomic mass is 9.73. The second kappa shape index (κ2) is 8.23. The quantitative estimate of drug-likeness (QED) is 0.300. The van der Waals surface area contributed by atoms with E-state index < -0.39 is 49.5 Å². The normalized spacial score (nSPS) is 41.1. The molecular formula is C22H29NO9. The Bertz CT molecular complexity index is 906. The molecule has 0 unspecified atom stereocenters. The highest BCUT2D eigenvalue weighted by molar-refractivity contribution is 5.52. The van der Waals surface area contributed by atoms with Crippen molar-refractivity contribution < 1.29 is 44.8 Å². The Hall–Kier alpha value is -1.76.